The summed E-state index contributed by atoms with van der Waals surface area (Å²) in [5.74, 6) is 0.866. The minimum atomic E-state index is -0.0942. The van der Waals surface area contributed by atoms with Gasteiger partial charge in [0.2, 0.25) is 0 Å². The van der Waals surface area contributed by atoms with E-state index in [9.17, 15) is 5.11 Å². The molecule has 0 spiro atoms. The summed E-state index contributed by atoms with van der Waals surface area (Å²) in [6.45, 7) is 11.2. The first-order valence-corrected chi connectivity index (χ1v) is 29.2. The highest BCUT2D eigenvalue weighted by Crippen LogP contribution is 2.52. The number of aryl methyl sites for hydroxylation is 2. The van der Waals surface area contributed by atoms with Gasteiger partial charge in [-0.05, 0) is 150 Å². The number of nitrogens with zero attached hydrogens (tertiary/aromatic N) is 3. The van der Waals surface area contributed by atoms with Gasteiger partial charge in [-0.1, -0.05) is 245 Å². The van der Waals surface area contributed by atoms with Crippen LogP contribution in [0.3, 0.4) is 0 Å². The van der Waals surface area contributed by atoms with Crippen LogP contribution in [0.2, 0.25) is 0 Å². The number of phenols is 1. The van der Waals surface area contributed by atoms with Gasteiger partial charge in [0.05, 0.1) is 22.2 Å². The van der Waals surface area contributed by atoms with Crippen LogP contribution in [0.25, 0.3) is 150 Å². The Labute approximate surface area is 494 Å². The summed E-state index contributed by atoms with van der Waals surface area (Å²) in [4.78, 5) is 11.6. The van der Waals surface area contributed by atoms with Gasteiger partial charge in [-0.3, -0.25) is 4.57 Å². The summed E-state index contributed by atoms with van der Waals surface area (Å²) in [5.41, 5.74) is 24.1. The normalized spacial score (nSPS) is 11.9. The number of benzene rings is 12. The van der Waals surface area contributed by atoms with Crippen molar-refractivity contribution in [3.63, 3.8) is 0 Å². The number of rotatable bonds is 9. The Hall–Kier alpha value is -10.6. The second-order valence-corrected chi connectivity index (χ2v) is 23.5. The summed E-state index contributed by atoms with van der Waals surface area (Å²) >= 11 is 0. The first-order valence-electron chi connectivity index (χ1n) is 29.2. The number of hydrogen-bond acceptors (Lipinski definition) is 4. The van der Waals surface area contributed by atoms with E-state index < -0.39 is 0 Å². The first-order chi connectivity index (χ1) is 41.6. The second kappa shape index (κ2) is 20.4. The Morgan fingerprint density at radius 1 is 0.388 bits per heavy atom. The van der Waals surface area contributed by atoms with E-state index in [4.69, 9.17) is 14.4 Å². The molecular weight excluding hydrogens is 1030 g/mol. The maximum Gasteiger partial charge on any atom is 0.164 e. The third-order valence-corrected chi connectivity index (χ3v) is 17.1. The highest BCUT2D eigenvalue weighted by atomic mass is 16.3. The van der Waals surface area contributed by atoms with Gasteiger partial charge in [0.25, 0.3) is 0 Å². The SMILES string of the molecule is Cc1cccc(C)c1-n1c(-c2ccc3ccc4cccc(O)c4c3n2)nc2c(-c3cc(-c4c(-c5ccccc5)cccc4-c4ccccc4)c4c(c3)oc3ccccc34)c(-c3c(-c4ccccc4)cccc3-c3cccc(C(C)(C)C)c3)ccc21. The van der Waals surface area contributed by atoms with Gasteiger partial charge in [0, 0.05) is 27.1 Å². The fraction of sp³-hybridized carbons (Fsp3) is 0.0750. The standard InChI is InChI=1S/C80H59N3O2/c1-49-22-17-23-50(2)78(49)83-67-45-43-64(73-59(51-24-9-6-10-25-51)34-21-37-62(73)56-31-18-32-58(46-56)80(3,4)5)71(77(67)82-79(83)66-44-42-55-41-40-54-30-19-38-68(84)72(54)76(55)81-66)57-47-65(75-63-33-15-16-39-69(63)85-70(75)48-57)74-60(52-26-11-7-12-27-52)35-20-36-61(74)53-28-13-8-14-29-53/h6-48,84H,1-5H3. The lowest BCUT2D eigenvalue weighted by Gasteiger charge is -2.23. The van der Waals surface area contributed by atoms with Crippen molar-refractivity contribution >= 4 is 54.6 Å². The summed E-state index contributed by atoms with van der Waals surface area (Å²) in [6.07, 6.45) is 0. The number of phenolic OH excluding ortho intramolecular Hbond substituents is 1. The molecule has 406 valence electrons. The molecule has 0 amide bonds. The predicted octanol–water partition coefficient (Wildman–Crippen LogP) is 21.6. The molecule has 1 N–H and O–H groups in total. The topological polar surface area (TPSA) is 64.1 Å². The van der Waals surface area contributed by atoms with Crippen molar-refractivity contribution in [2.24, 2.45) is 0 Å². The van der Waals surface area contributed by atoms with Crippen LogP contribution in [0, 0.1) is 13.8 Å². The third kappa shape index (κ3) is 8.69. The predicted molar refractivity (Wildman–Crippen MR) is 354 cm³/mol. The highest BCUT2D eigenvalue weighted by Gasteiger charge is 2.29. The lowest BCUT2D eigenvalue weighted by molar-refractivity contribution is 0.482. The average molecular weight is 1090 g/mol. The summed E-state index contributed by atoms with van der Waals surface area (Å²) in [7, 11) is 0. The van der Waals surface area contributed by atoms with Gasteiger partial charge in [-0.25, -0.2) is 9.97 Å². The van der Waals surface area contributed by atoms with Crippen molar-refractivity contribution in [1.29, 1.82) is 0 Å². The van der Waals surface area contributed by atoms with Crippen LogP contribution in [0.4, 0.5) is 0 Å². The zero-order chi connectivity index (χ0) is 57.5. The number of para-hydroxylation sites is 2. The Balaban J connectivity index is 1.14. The van der Waals surface area contributed by atoms with Crippen molar-refractivity contribution in [1.82, 2.24) is 14.5 Å². The molecule has 0 aliphatic rings. The summed E-state index contributed by atoms with van der Waals surface area (Å²) in [5, 5.41) is 16.2. The molecule has 0 atom stereocenters. The lowest BCUT2D eigenvalue weighted by atomic mass is 9.81. The van der Waals surface area contributed by atoms with E-state index in [0.717, 1.165) is 138 Å². The van der Waals surface area contributed by atoms with E-state index >= 15 is 0 Å². The summed E-state index contributed by atoms with van der Waals surface area (Å²) in [6, 6.07) is 93.0. The quantitative estimate of drug-likeness (QED) is 0.146. The lowest BCUT2D eigenvalue weighted by Crippen LogP contribution is -2.10. The smallest absolute Gasteiger partial charge is 0.164 e. The fourth-order valence-corrected chi connectivity index (χ4v) is 13.1. The Kier molecular flexibility index (Phi) is 12.3. The molecule has 3 heterocycles. The fourth-order valence-electron chi connectivity index (χ4n) is 13.1. The zero-order valence-electron chi connectivity index (χ0n) is 48.0. The van der Waals surface area contributed by atoms with Crippen molar-refractivity contribution in [3.05, 3.63) is 278 Å². The molecule has 0 unspecified atom stereocenters. The molecule has 85 heavy (non-hydrogen) atoms. The number of aromatic hydroxyl groups is 1. The number of fused-ring (bicyclic) bond motifs is 7. The second-order valence-electron chi connectivity index (χ2n) is 23.5. The zero-order valence-corrected chi connectivity index (χ0v) is 48.0. The molecule has 5 heteroatoms. The van der Waals surface area contributed by atoms with Crippen molar-refractivity contribution in [3.8, 4) is 101 Å². The van der Waals surface area contributed by atoms with Gasteiger partial charge >= 0.3 is 0 Å². The highest BCUT2D eigenvalue weighted by molar-refractivity contribution is 6.19. The molecule has 3 aromatic heterocycles. The molecule has 0 fully saturated rings. The number of pyridine rings is 1. The molecule has 0 bridgehead atoms. The Bertz CT molecular complexity index is 5050. The molecular formula is C80H59N3O2. The van der Waals surface area contributed by atoms with Crippen LogP contribution in [0.15, 0.2) is 265 Å². The number of hydrogen-bond donors (Lipinski definition) is 1. The van der Waals surface area contributed by atoms with Crippen molar-refractivity contribution < 1.29 is 9.52 Å². The van der Waals surface area contributed by atoms with Gasteiger partial charge in [-0.15, -0.1) is 0 Å². The Morgan fingerprint density at radius 3 is 1.60 bits per heavy atom. The molecule has 0 saturated carbocycles. The Morgan fingerprint density at radius 2 is 0.941 bits per heavy atom. The van der Waals surface area contributed by atoms with Gasteiger partial charge in [-0.2, -0.15) is 0 Å². The summed E-state index contributed by atoms with van der Waals surface area (Å²) < 4.78 is 9.51. The van der Waals surface area contributed by atoms with Gasteiger partial charge < -0.3 is 9.52 Å². The van der Waals surface area contributed by atoms with Crippen LogP contribution in [0.5, 0.6) is 5.75 Å². The van der Waals surface area contributed by atoms with Crippen LogP contribution >= 0.6 is 0 Å². The van der Waals surface area contributed by atoms with Crippen LogP contribution < -0.4 is 0 Å². The molecule has 0 aliphatic carbocycles. The molecule has 0 saturated heterocycles. The van der Waals surface area contributed by atoms with E-state index in [1.165, 1.54) is 5.56 Å². The maximum atomic E-state index is 11.5. The molecule has 15 aromatic rings. The monoisotopic (exact) mass is 1090 g/mol. The van der Waals surface area contributed by atoms with E-state index in [1.54, 1.807) is 6.07 Å². The number of aromatic nitrogens is 3. The number of imidazole rings is 1. The van der Waals surface area contributed by atoms with Crippen molar-refractivity contribution in [2.45, 2.75) is 40.0 Å². The van der Waals surface area contributed by atoms with Crippen LogP contribution in [-0.4, -0.2) is 19.6 Å². The van der Waals surface area contributed by atoms with Gasteiger partial charge in [0.1, 0.15) is 22.6 Å². The van der Waals surface area contributed by atoms with Crippen molar-refractivity contribution in [2.75, 3.05) is 0 Å². The first kappa shape index (κ1) is 51.3. The molecule has 12 aromatic carbocycles. The molecule has 15 rings (SSSR count). The molecule has 0 radical (unpaired) electrons. The average Bonchev–Trinajstić information content (AvgIpc) is 2.35. The molecule has 0 aliphatic heterocycles. The van der Waals surface area contributed by atoms with E-state index in [2.05, 4.69) is 276 Å². The van der Waals surface area contributed by atoms with E-state index in [1.807, 2.05) is 18.2 Å². The van der Waals surface area contributed by atoms with E-state index in [-0.39, 0.29) is 11.2 Å². The minimum Gasteiger partial charge on any atom is -0.507 e. The number of furan rings is 1. The van der Waals surface area contributed by atoms with Gasteiger partial charge in [0.15, 0.2) is 5.82 Å². The third-order valence-electron chi connectivity index (χ3n) is 17.1. The largest absolute Gasteiger partial charge is 0.507 e. The molecule has 5 nitrogen and oxygen atoms in total. The maximum absolute atomic E-state index is 11.5. The van der Waals surface area contributed by atoms with Crippen LogP contribution in [-0.2, 0) is 5.41 Å². The minimum absolute atomic E-state index is 0.0942. The van der Waals surface area contributed by atoms with E-state index in [0.29, 0.717) is 22.4 Å². The van der Waals surface area contributed by atoms with Crippen LogP contribution in [0.1, 0.15) is 37.5 Å².